The van der Waals surface area contributed by atoms with Gasteiger partial charge in [0.25, 0.3) is 0 Å². The van der Waals surface area contributed by atoms with E-state index in [1.807, 2.05) is 0 Å². The third kappa shape index (κ3) is 5.34. The maximum absolute atomic E-state index is 13.1. The lowest BCUT2D eigenvalue weighted by atomic mass is 9.84. The van der Waals surface area contributed by atoms with Gasteiger partial charge in [0.05, 0.1) is 12.0 Å². The molecular formula is C19H29FN4O2. The summed E-state index contributed by atoms with van der Waals surface area (Å²) in [4.78, 5) is 18.5. The molecule has 7 heteroatoms. The van der Waals surface area contributed by atoms with Gasteiger partial charge in [-0.25, -0.2) is 4.39 Å². The van der Waals surface area contributed by atoms with Gasteiger partial charge in [0.2, 0.25) is 5.91 Å². The van der Waals surface area contributed by atoms with Crippen LogP contribution in [0.1, 0.15) is 25.7 Å². The number of halogens is 1. The van der Waals surface area contributed by atoms with Gasteiger partial charge in [0, 0.05) is 33.8 Å². The molecule has 0 aliphatic heterocycles. The van der Waals surface area contributed by atoms with Crippen LogP contribution in [-0.2, 0) is 4.79 Å². The highest BCUT2D eigenvalue weighted by Crippen LogP contribution is 2.38. The largest absolute Gasteiger partial charge is 0.492 e. The quantitative estimate of drug-likeness (QED) is 0.441. The summed E-state index contributed by atoms with van der Waals surface area (Å²) in [5.41, 5.74) is -0.348. The minimum Gasteiger partial charge on any atom is -0.492 e. The second-order valence-corrected chi connectivity index (χ2v) is 6.85. The molecule has 1 amide bonds. The number of aliphatic imine (C=N–C) groups is 1. The topological polar surface area (TPSA) is 66.0 Å². The van der Waals surface area contributed by atoms with Crippen molar-refractivity contribution >= 4 is 11.9 Å². The zero-order valence-corrected chi connectivity index (χ0v) is 15.8. The lowest BCUT2D eigenvalue weighted by Crippen LogP contribution is -2.49. The molecule has 1 aliphatic rings. The number of ether oxygens (including phenoxy) is 1. The summed E-state index contributed by atoms with van der Waals surface area (Å²) in [5, 5.41) is 6.43. The predicted molar refractivity (Wildman–Crippen MR) is 101 cm³/mol. The fourth-order valence-corrected chi connectivity index (χ4v) is 3.36. The fourth-order valence-electron chi connectivity index (χ4n) is 3.36. The molecule has 0 atom stereocenters. The Kier molecular flexibility index (Phi) is 7.24. The molecule has 2 N–H and O–H groups in total. The van der Waals surface area contributed by atoms with Crippen molar-refractivity contribution in [3.8, 4) is 5.75 Å². The summed E-state index contributed by atoms with van der Waals surface area (Å²) in [7, 11) is 5.30. The minimum atomic E-state index is -0.348. The van der Waals surface area contributed by atoms with E-state index < -0.39 is 0 Å². The van der Waals surface area contributed by atoms with E-state index in [1.165, 1.54) is 12.1 Å². The Morgan fingerprint density at radius 2 is 2.04 bits per heavy atom. The molecule has 1 aromatic rings. The Morgan fingerprint density at radius 1 is 1.31 bits per heavy atom. The van der Waals surface area contributed by atoms with E-state index in [-0.39, 0.29) is 17.1 Å². The summed E-state index contributed by atoms with van der Waals surface area (Å²) in [6.45, 7) is 1.46. The van der Waals surface area contributed by atoms with Crippen LogP contribution in [0.2, 0.25) is 0 Å². The third-order valence-corrected chi connectivity index (χ3v) is 4.70. The fraction of sp³-hybridized carbons (Fsp3) is 0.579. The summed E-state index contributed by atoms with van der Waals surface area (Å²) in [6.07, 6.45) is 3.96. The maximum Gasteiger partial charge on any atom is 0.230 e. The van der Waals surface area contributed by atoms with E-state index in [2.05, 4.69) is 15.6 Å². The van der Waals surface area contributed by atoms with Crippen molar-refractivity contribution in [3.63, 3.8) is 0 Å². The standard InChI is InChI=1S/C19H29FN4O2/c1-21-18(22-11-12-26-16-8-6-7-15(20)13-16)23-14-19(9-4-5-10-19)17(25)24(2)3/h6-8,13H,4-5,9-12,14H2,1-3H3,(H2,21,22,23). The number of hydrogen-bond acceptors (Lipinski definition) is 3. The monoisotopic (exact) mass is 364 g/mol. The van der Waals surface area contributed by atoms with Gasteiger partial charge in [-0.3, -0.25) is 9.79 Å². The SMILES string of the molecule is CN=C(NCCOc1cccc(F)c1)NCC1(C(=O)N(C)C)CCCC1. The molecule has 0 aromatic heterocycles. The maximum atomic E-state index is 13.1. The number of rotatable bonds is 7. The van der Waals surface area contributed by atoms with Crippen molar-refractivity contribution in [1.82, 2.24) is 15.5 Å². The van der Waals surface area contributed by atoms with Crippen molar-refractivity contribution in [1.29, 1.82) is 0 Å². The van der Waals surface area contributed by atoms with Crippen LogP contribution in [0.3, 0.4) is 0 Å². The lowest BCUT2D eigenvalue weighted by Gasteiger charge is -2.31. The van der Waals surface area contributed by atoms with Crippen LogP contribution in [-0.4, -0.2) is 57.6 Å². The summed E-state index contributed by atoms with van der Waals surface area (Å²) >= 11 is 0. The highest BCUT2D eigenvalue weighted by Gasteiger charge is 2.42. The van der Waals surface area contributed by atoms with Gasteiger partial charge in [-0.15, -0.1) is 0 Å². The number of hydrogen-bond donors (Lipinski definition) is 2. The molecule has 0 saturated heterocycles. The van der Waals surface area contributed by atoms with Crippen LogP contribution < -0.4 is 15.4 Å². The Bertz CT molecular complexity index is 628. The molecule has 0 spiro atoms. The molecule has 0 unspecified atom stereocenters. The molecule has 1 saturated carbocycles. The Balaban J connectivity index is 1.79. The van der Waals surface area contributed by atoms with Gasteiger partial charge in [-0.1, -0.05) is 18.9 Å². The van der Waals surface area contributed by atoms with Crippen LogP contribution in [0.25, 0.3) is 0 Å². The first-order valence-corrected chi connectivity index (χ1v) is 9.01. The van der Waals surface area contributed by atoms with Crippen LogP contribution in [0.4, 0.5) is 4.39 Å². The van der Waals surface area contributed by atoms with Crippen molar-refractivity contribution in [2.75, 3.05) is 40.8 Å². The average Bonchev–Trinajstić information content (AvgIpc) is 3.10. The first-order chi connectivity index (χ1) is 12.5. The van der Waals surface area contributed by atoms with E-state index in [0.717, 1.165) is 25.7 Å². The number of amides is 1. The molecule has 6 nitrogen and oxygen atoms in total. The number of benzene rings is 1. The van der Waals surface area contributed by atoms with E-state index >= 15 is 0 Å². The molecule has 0 radical (unpaired) electrons. The summed E-state index contributed by atoms with van der Waals surface area (Å²) in [6, 6.07) is 6.06. The molecule has 1 aliphatic carbocycles. The second-order valence-electron chi connectivity index (χ2n) is 6.85. The van der Waals surface area contributed by atoms with Crippen molar-refractivity contribution in [2.45, 2.75) is 25.7 Å². The zero-order chi connectivity index (χ0) is 19.0. The number of carbonyl (C=O) groups is 1. The Hall–Kier alpha value is -2.31. The number of carbonyl (C=O) groups excluding carboxylic acids is 1. The van der Waals surface area contributed by atoms with Gasteiger partial charge < -0.3 is 20.3 Å². The summed E-state index contributed by atoms with van der Waals surface area (Å²) in [5.74, 6) is 0.981. The van der Waals surface area contributed by atoms with Crippen LogP contribution in [0.15, 0.2) is 29.3 Å². The average molecular weight is 364 g/mol. The summed E-state index contributed by atoms with van der Waals surface area (Å²) < 4.78 is 18.6. The van der Waals surface area contributed by atoms with Crippen LogP contribution in [0.5, 0.6) is 5.75 Å². The Labute approximate surface area is 154 Å². The normalized spacial score (nSPS) is 16.2. The van der Waals surface area contributed by atoms with Gasteiger partial charge in [0.1, 0.15) is 18.2 Å². The van der Waals surface area contributed by atoms with Crippen LogP contribution in [0, 0.1) is 11.2 Å². The lowest BCUT2D eigenvalue weighted by molar-refractivity contribution is -0.138. The first-order valence-electron chi connectivity index (χ1n) is 9.01. The zero-order valence-electron chi connectivity index (χ0n) is 15.8. The van der Waals surface area contributed by atoms with E-state index in [0.29, 0.717) is 31.4 Å². The molecule has 1 aromatic carbocycles. The van der Waals surface area contributed by atoms with Crippen LogP contribution >= 0.6 is 0 Å². The van der Waals surface area contributed by atoms with Crippen molar-refractivity contribution in [2.24, 2.45) is 10.4 Å². The highest BCUT2D eigenvalue weighted by molar-refractivity contribution is 5.85. The molecular weight excluding hydrogens is 335 g/mol. The second kappa shape index (κ2) is 9.40. The van der Waals surface area contributed by atoms with Crippen molar-refractivity contribution in [3.05, 3.63) is 30.1 Å². The number of guanidine groups is 1. The van der Waals surface area contributed by atoms with Gasteiger partial charge >= 0.3 is 0 Å². The highest BCUT2D eigenvalue weighted by atomic mass is 19.1. The van der Waals surface area contributed by atoms with Gasteiger partial charge in [-0.05, 0) is 25.0 Å². The molecule has 2 rings (SSSR count). The Morgan fingerprint density at radius 3 is 2.65 bits per heavy atom. The van der Waals surface area contributed by atoms with Gasteiger partial charge in [0.15, 0.2) is 5.96 Å². The molecule has 0 heterocycles. The number of nitrogens with one attached hydrogen (secondary N) is 2. The molecule has 26 heavy (non-hydrogen) atoms. The molecule has 144 valence electrons. The molecule has 0 bridgehead atoms. The first kappa shape index (κ1) is 20.0. The van der Waals surface area contributed by atoms with Gasteiger partial charge in [-0.2, -0.15) is 0 Å². The third-order valence-electron chi connectivity index (χ3n) is 4.70. The minimum absolute atomic E-state index is 0.174. The predicted octanol–water partition coefficient (Wildman–Crippen LogP) is 2.02. The smallest absolute Gasteiger partial charge is 0.230 e. The van der Waals surface area contributed by atoms with E-state index in [4.69, 9.17) is 4.74 Å². The van der Waals surface area contributed by atoms with E-state index in [1.54, 1.807) is 38.2 Å². The van der Waals surface area contributed by atoms with E-state index in [9.17, 15) is 9.18 Å². The van der Waals surface area contributed by atoms with Crippen molar-refractivity contribution < 1.29 is 13.9 Å². The number of nitrogens with zero attached hydrogens (tertiary/aromatic N) is 2. The molecule has 1 fully saturated rings.